The van der Waals surface area contributed by atoms with Crippen LogP contribution in [0.15, 0.2) is 47.4 Å². The molecule has 25 heavy (non-hydrogen) atoms. The molecular weight excluding hydrogens is 344 g/mol. The molecule has 2 aromatic rings. The molecule has 134 valence electrons. The summed E-state index contributed by atoms with van der Waals surface area (Å²) in [7, 11) is -2.39. The largest absolute Gasteiger partial charge is 0.495 e. The minimum absolute atomic E-state index is 0.0861. The lowest BCUT2D eigenvalue weighted by Crippen LogP contribution is -2.14. The Kier molecular flexibility index (Phi) is 5.87. The average molecular weight is 364 g/mol. The van der Waals surface area contributed by atoms with E-state index in [0.717, 1.165) is 0 Å². The summed E-state index contributed by atoms with van der Waals surface area (Å²) in [4.78, 5) is 11.3. The number of carbonyl (C=O) groups excluding carboxylic acids is 1. The van der Waals surface area contributed by atoms with Crippen LogP contribution < -0.4 is 19.5 Å². The molecule has 2 rings (SSSR count). The fraction of sp³-hybridized carbons (Fsp3) is 0.235. The van der Waals surface area contributed by atoms with Crippen molar-refractivity contribution < 1.29 is 22.7 Å². The summed E-state index contributed by atoms with van der Waals surface area (Å²) < 4.78 is 38.1. The van der Waals surface area contributed by atoms with Crippen LogP contribution in [0.2, 0.25) is 0 Å². The summed E-state index contributed by atoms with van der Waals surface area (Å²) in [6.07, 6.45) is 0. The Hall–Kier alpha value is -2.74. The van der Waals surface area contributed by atoms with Crippen molar-refractivity contribution in [3.63, 3.8) is 0 Å². The second kappa shape index (κ2) is 7.89. The number of sulfonamides is 1. The molecule has 0 aliphatic heterocycles. The van der Waals surface area contributed by atoms with E-state index in [1.165, 1.54) is 32.2 Å². The van der Waals surface area contributed by atoms with Crippen molar-refractivity contribution in [2.24, 2.45) is 0 Å². The van der Waals surface area contributed by atoms with Crippen LogP contribution in [0.5, 0.6) is 11.5 Å². The van der Waals surface area contributed by atoms with Crippen molar-refractivity contribution in [2.75, 3.05) is 23.8 Å². The Bertz CT molecular complexity index is 848. The van der Waals surface area contributed by atoms with E-state index in [4.69, 9.17) is 9.47 Å². The topological polar surface area (TPSA) is 93.7 Å². The Balaban J connectivity index is 2.30. The molecule has 2 N–H and O–H groups in total. The summed E-state index contributed by atoms with van der Waals surface area (Å²) in [5.41, 5.74) is 0.681. The van der Waals surface area contributed by atoms with E-state index in [2.05, 4.69) is 10.0 Å². The van der Waals surface area contributed by atoms with Crippen LogP contribution >= 0.6 is 0 Å². The number of carbonyl (C=O) groups is 1. The van der Waals surface area contributed by atoms with Gasteiger partial charge in [0.2, 0.25) is 5.91 Å². The van der Waals surface area contributed by atoms with Gasteiger partial charge in [0.15, 0.2) is 0 Å². The van der Waals surface area contributed by atoms with Gasteiger partial charge in [0.1, 0.15) is 11.5 Å². The molecule has 8 heteroatoms. The zero-order valence-electron chi connectivity index (χ0n) is 14.2. The molecule has 2 aromatic carbocycles. The van der Waals surface area contributed by atoms with Crippen molar-refractivity contribution >= 4 is 27.3 Å². The Labute approximate surface area is 147 Å². The van der Waals surface area contributed by atoms with Gasteiger partial charge in [-0.05, 0) is 49.4 Å². The molecule has 0 heterocycles. The maximum Gasteiger partial charge on any atom is 0.262 e. The highest BCUT2D eigenvalue weighted by atomic mass is 32.2. The molecule has 7 nitrogen and oxygen atoms in total. The SMILES string of the molecule is CCOc1ccc(S(=O)(=O)Nc2cc(NC(C)=O)ccc2OC)cc1. The molecule has 0 aliphatic carbocycles. The fourth-order valence-corrected chi connectivity index (χ4v) is 3.22. The number of amides is 1. The molecule has 0 radical (unpaired) electrons. The summed E-state index contributed by atoms with van der Waals surface area (Å²) in [5.74, 6) is 0.667. The maximum atomic E-state index is 12.6. The molecule has 0 spiro atoms. The van der Waals surface area contributed by atoms with E-state index in [9.17, 15) is 13.2 Å². The second-order valence-corrected chi connectivity index (χ2v) is 6.79. The van der Waals surface area contributed by atoms with Gasteiger partial charge < -0.3 is 14.8 Å². The predicted octanol–water partition coefficient (Wildman–Crippen LogP) is 2.85. The van der Waals surface area contributed by atoms with Gasteiger partial charge in [0, 0.05) is 12.6 Å². The first kappa shape index (κ1) is 18.6. The minimum Gasteiger partial charge on any atom is -0.495 e. The minimum atomic E-state index is -3.82. The Morgan fingerprint density at radius 1 is 1.12 bits per heavy atom. The van der Waals surface area contributed by atoms with Crippen LogP contribution in [0.25, 0.3) is 0 Å². The number of ether oxygens (including phenoxy) is 2. The van der Waals surface area contributed by atoms with Crippen molar-refractivity contribution in [3.05, 3.63) is 42.5 Å². The first-order valence-electron chi connectivity index (χ1n) is 7.57. The molecule has 0 unspecified atom stereocenters. The molecule has 1 amide bonds. The van der Waals surface area contributed by atoms with E-state index in [1.54, 1.807) is 24.3 Å². The zero-order chi connectivity index (χ0) is 18.4. The first-order chi connectivity index (χ1) is 11.9. The molecule has 0 saturated heterocycles. The highest BCUT2D eigenvalue weighted by molar-refractivity contribution is 7.92. The van der Waals surface area contributed by atoms with E-state index in [0.29, 0.717) is 23.8 Å². The molecule has 0 aliphatic rings. The lowest BCUT2D eigenvalue weighted by Gasteiger charge is -2.14. The third-order valence-corrected chi connectivity index (χ3v) is 4.59. The first-order valence-corrected chi connectivity index (χ1v) is 9.05. The zero-order valence-corrected chi connectivity index (χ0v) is 15.0. The average Bonchev–Trinajstić information content (AvgIpc) is 2.55. The van der Waals surface area contributed by atoms with E-state index in [1.807, 2.05) is 6.92 Å². The summed E-state index contributed by atoms with van der Waals surface area (Å²) in [6.45, 7) is 3.71. The predicted molar refractivity (Wildman–Crippen MR) is 95.7 cm³/mol. The van der Waals surface area contributed by atoms with Crippen LogP contribution in [-0.4, -0.2) is 28.0 Å². The quantitative estimate of drug-likeness (QED) is 0.788. The number of benzene rings is 2. The summed E-state index contributed by atoms with van der Waals surface area (Å²) in [6, 6.07) is 10.8. The molecule has 0 fully saturated rings. The van der Waals surface area contributed by atoms with Gasteiger partial charge in [-0.3, -0.25) is 9.52 Å². The van der Waals surface area contributed by atoms with Crippen LogP contribution in [0.1, 0.15) is 13.8 Å². The maximum absolute atomic E-state index is 12.6. The van der Waals surface area contributed by atoms with Crippen LogP contribution in [-0.2, 0) is 14.8 Å². The van der Waals surface area contributed by atoms with Crippen molar-refractivity contribution in [1.29, 1.82) is 0 Å². The van der Waals surface area contributed by atoms with Gasteiger partial charge in [-0.25, -0.2) is 8.42 Å². The number of hydrogen-bond acceptors (Lipinski definition) is 5. The normalized spacial score (nSPS) is 10.8. The number of rotatable bonds is 7. The summed E-state index contributed by atoms with van der Waals surface area (Å²) >= 11 is 0. The molecular formula is C17H20N2O5S. The number of methoxy groups -OCH3 is 1. The lowest BCUT2D eigenvalue weighted by atomic mass is 10.2. The van der Waals surface area contributed by atoms with Crippen molar-refractivity contribution in [1.82, 2.24) is 0 Å². The number of anilines is 2. The third kappa shape index (κ3) is 4.87. The molecule has 0 atom stereocenters. The highest BCUT2D eigenvalue weighted by Crippen LogP contribution is 2.30. The lowest BCUT2D eigenvalue weighted by molar-refractivity contribution is -0.114. The van der Waals surface area contributed by atoms with Gasteiger partial charge in [-0.2, -0.15) is 0 Å². The van der Waals surface area contributed by atoms with E-state index < -0.39 is 10.0 Å². The van der Waals surface area contributed by atoms with Gasteiger partial charge in [-0.15, -0.1) is 0 Å². The van der Waals surface area contributed by atoms with Crippen LogP contribution in [0.3, 0.4) is 0 Å². The van der Waals surface area contributed by atoms with Crippen molar-refractivity contribution in [3.8, 4) is 11.5 Å². The monoisotopic (exact) mass is 364 g/mol. The highest BCUT2D eigenvalue weighted by Gasteiger charge is 2.17. The standard InChI is InChI=1S/C17H20N2O5S/c1-4-24-14-6-8-15(9-7-14)25(21,22)19-16-11-13(18-12(2)20)5-10-17(16)23-3/h5-11,19H,4H2,1-3H3,(H,18,20). The number of nitrogens with one attached hydrogen (secondary N) is 2. The number of hydrogen-bond donors (Lipinski definition) is 2. The van der Waals surface area contributed by atoms with Crippen LogP contribution in [0.4, 0.5) is 11.4 Å². The Morgan fingerprint density at radius 3 is 2.36 bits per heavy atom. The summed E-state index contributed by atoms with van der Waals surface area (Å²) in [5, 5.41) is 2.60. The van der Waals surface area contributed by atoms with Gasteiger partial charge in [0.05, 0.1) is 24.3 Å². The van der Waals surface area contributed by atoms with E-state index in [-0.39, 0.29) is 16.5 Å². The van der Waals surface area contributed by atoms with Gasteiger partial charge in [0.25, 0.3) is 10.0 Å². The smallest absolute Gasteiger partial charge is 0.262 e. The second-order valence-electron chi connectivity index (χ2n) is 5.11. The van der Waals surface area contributed by atoms with Gasteiger partial charge >= 0.3 is 0 Å². The van der Waals surface area contributed by atoms with E-state index >= 15 is 0 Å². The van der Waals surface area contributed by atoms with Gasteiger partial charge in [-0.1, -0.05) is 0 Å². The third-order valence-electron chi connectivity index (χ3n) is 3.21. The Morgan fingerprint density at radius 2 is 1.80 bits per heavy atom. The van der Waals surface area contributed by atoms with Crippen molar-refractivity contribution in [2.45, 2.75) is 18.7 Å². The molecule has 0 bridgehead atoms. The molecule has 0 aromatic heterocycles. The molecule has 0 saturated carbocycles. The fourth-order valence-electron chi connectivity index (χ4n) is 2.15. The van der Waals surface area contributed by atoms with Crippen LogP contribution in [0, 0.1) is 0 Å².